The molecule has 1 aliphatic heterocycles. The Morgan fingerprint density at radius 3 is 2.88 bits per heavy atom. The van der Waals surface area contributed by atoms with Gasteiger partial charge in [0.2, 0.25) is 0 Å². The number of carboxylic acid groups (broad SMARTS) is 1. The molecule has 1 fully saturated rings. The number of hydrogen-bond donors (Lipinski definition) is 1. The third kappa shape index (κ3) is 2.04. The van der Waals surface area contributed by atoms with Crippen molar-refractivity contribution in [3.8, 4) is 0 Å². The molecule has 16 heavy (non-hydrogen) atoms. The molecule has 86 valence electrons. The third-order valence-corrected chi connectivity index (χ3v) is 2.82. The molecule has 0 aliphatic carbocycles. The molecule has 5 nitrogen and oxygen atoms in total. The normalized spacial score (nSPS) is 29.2. The SMILES string of the molecule is CC1CC(c2nccc(C(=O)O)n2)C(C)O1. The minimum Gasteiger partial charge on any atom is -0.477 e. The van der Waals surface area contributed by atoms with Crippen molar-refractivity contribution in [2.45, 2.75) is 38.4 Å². The summed E-state index contributed by atoms with van der Waals surface area (Å²) in [6.45, 7) is 3.96. The highest BCUT2D eigenvalue weighted by molar-refractivity contribution is 5.85. The number of nitrogens with zero attached hydrogens (tertiary/aromatic N) is 2. The van der Waals surface area contributed by atoms with Gasteiger partial charge in [0.25, 0.3) is 0 Å². The first kappa shape index (κ1) is 11.0. The van der Waals surface area contributed by atoms with E-state index >= 15 is 0 Å². The Balaban J connectivity index is 2.27. The fourth-order valence-electron chi connectivity index (χ4n) is 2.05. The van der Waals surface area contributed by atoms with Gasteiger partial charge < -0.3 is 9.84 Å². The van der Waals surface area contributed by atoms with Gasteiger partial charge in [0, 0.05) is 12.1 Å². The molecule has 3 unspecified atom stereocenters. The molecule has 0 aromatic carbocycles. The molecule has 1 N–H and O–H groups in total. The van der Waals surface area contributed by atoms with Crippen molar-refractivity contribution in [1.29, 1.82) is 0 Å². The highest BCUT2D eigenvalue weighted by Gasteiger charge is 2.33. The molecule has 3 atom stereocenters. The minimum atomic E-state index is -1.02. The van der Waals surface area contributed by atoms with Crippen molar-refractivity contribution in [2.24, 2.45) is 0 Å². The van der Waals surface area contributed by atoms with Gasteiger partial charge in [-0.2, -0.15) is 0 Å². The van der Waals surface area contributed by atoms with E-state index in [-0.39, 0.29) is 23.8 Å². The predicted octanol–water partition coefficient (Wildman–Crippen LogP) is 1.46. The lowest BCUT2D eigenvalue weighted by Crippen LogP contribution is -2.14. The molecule has 2 rings (SSSR count). The minimum absolute atomic E-state index is 0.0387. The Morgan fingerprint density at radius 2 is 2.31 bits per heavy atom. The Bertz CT molecular complexity index is 408. The first-order valence-electron chi connectivity index (χ1n) is 5.29. The second-order valence-electron chi connectivity index (χ2n) is 4.10. The third-order valence-electron chi connectivity index (χ3n) is 2.82. The second kappa shape index (κ2) is 4.17. The number of carbonyl (C=O) groups is 1. The van der Waals surface area contributed by atoms with Crippen molar-refractivity contribution in [2.75, 3.05) is 0 Å². The molecule has 0 amide bonds. The van der Waals surface area contributed by atoms with Gasteiger partial charge in [-0.15, -0.1) is 0 Å². The Labute approximate surface area is 93.5 Å². The molecular weight excluding hydrogens is 208 g/mol. The monoisotopic (exact) mass is 222 g/mol. The number of carboxylic acids is 1. The standard InChI is InChI=1S/C11H14N2O3/c1-6-5-8(7(2)16-6)10-12-4-3-9(13-10)11(14)15/h3-4,6-8H,5H2,1-2H3,(H,14,15). The molecule has 1 aliphatic rings. The number of hydrogen-bond acceptors (Lipinski definition) is 4. The summed E-state index contributed by atoms with van der Waals surface area (Å²) < 4.78 is 5.60. The summed E-state index contributed by atoms with van der Waals surface area (Å²) >= 11 is 0. The van der Waals surface area contributed by atoms with Gasteiger partial charge in [-0.25, -0.2) is 14.8 Å². The van der Waals surface area contributed by atoms with Gasteiger partial charge in [-0.05, 0) is 26.3 Å². The number of ether oxygens (including phenoxy) is 1. The van der Waals surface area contributed by atoms with Crippen LogP contribution in [0.2, 0.25) is 0 Å². The lowest BCUT2D eigenvalue weighted by Gasteiger charge is -2.12. The summed E-state index contributed by atoms with van der Waals surface area (Å²) in [7, 11) is 0. The summed E-state index contributed by atoms with van der Waals surface area (Å²) in [6.07, 6.45) is 2.54. The fourth-order valence-corrected chi connectivity index (χ4v) is 2.05. The number of rotatable bonds is 2. The van der Waals surface area contributed by atoms with Gasteiger partial charge >= 0.3 is 5.97 Å². The molecular formula is C11H14N2O3. The summed E-state index contributed by atoms with van der Waals surface area (Å²) in [5.41, 5.74) is 0.0387. The summed E-state index contributed by atoms with van der Waals surface area (Å²) in [5.74, 6) is -0.366. The van der Waals surface area contributed by atoms with E-state index < -0.39 is 5.97 Å². The van der Waals surface area contributed by atoms with Crippen LogP contribution < -0.4 is 0 Å². The van der Waals surface area contributed by atoms with E-state index in [1.54, 1.807) is 0 Å². The van der Waals surface area contributed by atoms with Gasteiger partial charge in [-0.3, -0.25) is 0 Å². The van der Waals surface area contributed by atoms with Crippen LogP contribution in [0, 0.1) is 0 Å². The van der Waals surface area contributed by atoms with Crippen molar-refractivity contribution in [3.63, 3.8) is 0 Å². The molecule has 1 saturated heterocycles. The molecule has 0 bridgehead atoms. The molecule has 5 heteroatoms. The zero-order valence-electron chi connectivity index (χ0n) is 9.25. The molecule has 2 heterocycles. The molecule has 1 aromatic heterocycles. The van der Waals surface area contributed by atoms with E-state index in [0.29, 0.717) is 5.82 Å². The van der Waals surface area contributed by atoms with Crippen molar-refractivity contribution in [3.05, 3.63) is 23.8 Å². The fraction of sp³-hybridized carbons (Fsp3) is 0.545. The van der Waals surface area contributed by atoms with E-state index in [2.05, 4.69) is 9.97 Å². The van der Waals surface area contributed by atoms with Gasteiger partial charge in [0.05, 0.1) is 12.2 Å². The first-order chi connectivity index (χ1) is 7.58. The second-order valence-corrected chi connectivity index (χ2v) is 4.10. The first-order valence-corrected chi connectivity index (χ1v) is 5.29. The van der Waals surface area contributed by atoms with Crippen LogP contribution in [0.15, 0.2) is 12.3 Å². The maximum atomic E-state index is 10.8. The van der Waals surface area contributed by atoms with Crippen LogP contribution in [0.4, 0.5) is 0 Å². The van der Waals surface area contributed by atoms with Crippen LogP contribution in [0.25, 0.3) is 0 Å². The van der Waals surface area contributed by atoms with Crippen LogP contribution in [0.5, 0.6) is 0 Å². The topological polar surface area (TPSA) is 72.3 Å². The average Bonchev–Trinajstić information content (AvgIpc) is 2.58. The molecule has 0 radical (unpaired) electrons. The summed E-state index contributed by atoms with van der Waals surface area (Å²) in [6, 6.07) is 1.40. The van der Waals surface area contributed by atoms with E-state index in [1.165, 1.54) is 12.3 Å². The van der Waals surface area contributed by atoms with Crippen LogP contribution in [-0.2, 0) is 4.74 Å². The van der Waals surface area contributed by atoms with Crippen LogP contribution in [0.3, 0.4) is 0 Å². The summed E-state index contributed by atoms with van der Waals surface area (Å²) in [4.78, 5) is 19.0. The van der Waals surface area contributed by atoms with Crippen LogP contribution >= 0.6 is 0 Å². The molecule has 0 saturated carbocycles. The smallest absolute Gasteiger partial charge is 0.354 e. The maximum Gasteiger partial charge on any atom is 0.354 e. The highest BCUT2D eigenvalue weighted by atomic mass is 16.5. The van der Waals surface area contributed by atoms with Crippen molar-refractivity contribution >= 4 is 5.97 Å². The summed E-state index contributed by atoms with van der Waals surface area (Å²) in [5, 5.41) is 8.85. The number of aromatic carboxylic acids is 1. The highest BCUT2D eigenvalue weighted by Crippen LogP contribution is 2.32. The zero-order valence-corrected chi connectivity index (χ0v) is 9.25. The van der Waals surface area contributed by atoms with E-state index in [4.69, 9.17) is 9.84 Å². The van der Waals surface area contributed by atoms with E-state index in [0.717, 1.165) is 6.42 Å². The molecule has 1 aromatic rings. The average molecular weight is 222 g/mol. The van der Waals surface area contributed by atoms with Crippen LogP contribution in [0.1, 0.15) is 42.5 Å². The Morgan fingerprint density at radius 1 is 1.56 bits per heavy atom. The lowest BCUT2D eigenvalue weighted by atomic mass is 10.00. The van der Waals surface area contributed by atoms with Gasteiger partial charge in [0.15, 0.2) is 5.69 Å². The number of aromatic nitrogens is 2. The van der Waals surface area contributed by atoms with Crippen molar-refractivity contribution < 1.29 is 14.6 Å². The molecule has 0 spiro atoms. The zero-order chi connectivity index (χ0) is 11.7. The maximum absolute atomic E-state index is 10.8. The van der Waals surface area contributed by atoms with Gasteiger partial charge in [0.1, 0.15) is 5.82 Å². The van der Waals surface area contributed by atoms with Crippen molar-refractivity contribution in [1.82, 2.24) is 9.97 Å². The largest absolute Gasteiger partial charge is 0.477 e. The lowest BCUT2D eigenvalue weighted by molar-refractivity contribution is 0.0622. The van der Waals surface area contributed by atoms with Gasteiger partial charge in [-0.1, -0.05) is 0 Å². The van der Waals surface area contributed by atoms with E-state index in [1.807, 2.05) is 13.8 Å². The Kier molecular flexibility index (Phi) is 2.87. The van der Waals surface area contributed by atoms with Crippen LogP contribution in [-0.4, -0.2) is 33.3 Å². The predicted molar refractivity (Wildman–Crippen MR) is 56.4 cm³/mol. The Hall–Kier alpha value is -1.49. The quantitative estimate of drug-likeness (QED) is 0.820. The van der Waals surface area contributed by atoms with E-state index in [9.17, 15) is 4.79 Å².